The van der Waals surface area contributed by atoms with Crippen LogP contribution in [0.1, 0.15) is 60.2 Å². The zero-order valence-electron chi connectivity index (χ0n) is 17.7. The van der Waals surface area contributed by atoms with Crippen LogP contribution in [0.5, 0.6) is 0 Å². The lowest BCUT2D eigenvalue weighted by Crippen LogP contribution is -2.26. The van der Waals surface area contributed by atoms with E-state index in [0.29, 0.717) is 24.2 Å². The maximum atomic E-state index is 12.2. The second-order valence-electron chi connectivity index (χ2n) is 6.85. The van der Waals surface area contributed by atoms with Crippen LogP contribution in [0.4, 0.5) is 5.82 Å². The minimum atomic E-state index is -0.207. The quantitative estimate of drug-likeness (QED) is 0.395. The fourth-order valence-corrected chi connectivity index (χ4v) is 3.22. The second kappa shape index (κ2) is 12.8. The third kappa shape index (κ3) is 7.30. The summed E-state index contributed by atoms with van der Waals surface area (Å²) in [5.74, 6) is 0.574. The van der Waals surface area contributed by atoms with Gasteiger partial charge >= 0.3 is 0 Å². The highest BCUT2D eigenvalue weighted by molar-refractivity contribution is 6.32. The van der Waals surface area contributed by atoms with E-state index in [2.05, 4.69) is 39.3 Å². The van der Waals surface area contributed by atoms with Gasteiger partial charge in [0, 0.05) is 38.6 Å². The Morgan fingerprint density at radius 1 is 0.933 bits per heavy atom. The van der Waals surface area contributed by atoms with Crippen molar-refractivity contribution >= 4 is 29.2 Å². The molecule has 30 heavy (non-hydrogen) atoms. The summed E-state index contributed by atoms with van der Waals surface area (Å²) >= 11 is 5.91. The molecule has 0 saturated carbocycles. The summed E-state index contributed by atoms with van der Waals surface area (Å²) < 4.78 is 0. The second-order valence-corrected chi connectivity index (χ2v) is 7.20. The number of carbonyl (C=O) groups excluding carboxylic acids is 2. The first-order chi connectivity index (χ1) is 14.6. The molecule has 2 aromatic rings. The van der Waals surface area contributed by atoms with Crippen LogP contribution in [0.15, 0.2) is 36.7 Å². The molecule has 0 bridgehead atoms. The summed E-state index contributed by atoms with van der Waals surface area (Å²) in [5, 5.41) is 5.99. The van der Waals surface area contributed by atoms with E-state index >= 15 is 0 Å². The third-order valence-electron chi connectivity index (χ3n) is 4.78. The zero-order chi connectivity index (χ0) is 21.8. The number of unbranched alkanes of at least 4 members (excludes halogenated alkanes) is 3. The van der Waals surface area contributed by atoms with E-state index < -0.39 is 0 Å². The number of hydrogen-bond donors (Lipinski definition) is 2. The Kier molecular flexibility index (Phi) is 10.1. The number of halogens is 1. The van der Waals surface area contributed by atoms with Crippen molar-refractivity contribution in [3.63, 3.8) is 0 Å². The zero-order valence-corrected chi connectivity index (χ0v) is 18.4. The number of rotatable bonds is 12. The van der Waals surface area contributed by atoms with Crippen LogP contribution >= 0.6 is 11.6 Å². The number of hydrogen-bond acceptors (Lipinski definition) is 5. The number of amides is 2. The van der Waals surface area contributed by atoms with E-state index in [1.807, 2.05) is 12.1 Å². The minimum Gasteiger partial charge on any atom is -0.357 e. The van der Waals surface area contributed by atoms with E-state index in [4.69, 9.17) is 11.6 Å². The van der Waals surface area contributed by atoms with Crippen LogP contribution in [0.3, 0.4) is 0 Å². The van der Waals surface area contributed by atoms with Gasteiger partial charge in [0.1, 0.15) is 11.0 Å². The van der Waals surface area contributed by atoms with Crippen LogP contribution in [-0.4, -0.2) is 48.0 Å². The molecule has 0 atom stereocenters. The molecule has 7 nitrogen and oxygen atoms in total. The van der Waals surface area contributed by atoms with Gasteiger partial charge in [-0.15, -0.1) is 0 Å². The Morgan fingerprint density at radius 2 is 1.60 bits per heavy atom. The van der Waals surface area contributed by atoms with Crippen molar-refractivity contribution in [3.05, 3.63) is 52.9 Å². The molecular weight excluding hydrogens is 402 g/mol. The van der Waals surface area contributed by atoms with Crippen molar-refractivity contribution in [2.75, 3.05) is 31.1 Å². The van der Waals surface area contributed by atoms with Crippen LogP contribution in [0, 0.1) is 0 Å². The number of pyridine rings is 2. The highest BCUT2D eigenvalue weighted by atomic mass is 35.5. The number of nitrogens with zero attached hydrogens (tertiary/aromatic N) is 3. The molecule has 0 unspecified atom stereocenters. The highest BCUT2D eigenvalue weighted by Crippen LogP contribution is 2.12. The van der Waals surface area contributed by atoms with Crippen molar-refractivity contribution in [1.29, 1.82) is 0 Å². The van der Waals surface area contributed by atoms with Crippen molar-refractivity contribution in [2.24, 2.45) is 0 Å². The third-order valence-corrected chi connectivity index (χ3v) is 5.08. The molecule has 0 radical (unpaired) electrons. The lowest BCUT2D eigenvalue weighted by molar-refractivity contribution is 0.0943. The van der Waals surface area contributed by atoms with Crippen molar-refractivity contribution in [1.82, 2.24) is 20.6 Å². The molecule has 0 aliphatic rings. The average Bonchev–Trinajstić information content (AvgIpc) is 2.77. The van der Waals surface area contributed by atoms with Crippen molar-refractivity contribution in [3.8, 4) is 0 Å². The van der Waals surface area contributed by atoms with Gasteiger partial charge in [-0.25, -0.2) is 9.97 Å². The van der Waals surface area contributed by atoms with E-state index in [-0.39, 0.29) is 17.0 Å². The monoisotopic (exact) mass is 431 g/mol. The minimum absolute atomic E-state index is 0.103. The Labute approximate surface area is 183 Å². The number of anilines is 1. The van der Waals surface area contributed by atoms with Crippen molar-refractivity contribution < 1.29 is 9.59 Å². The van der Waals surface area contributed by atoms with Gasteiger partial charge in [0.25, 0.3) is 11.8 Å². The van der Waals surface area contributed by atoms with Gasteiger partial charge < -0.3 is 15.5 Å². The smallest absolute Gasteiger partial charge is 0.254 e. The molecule has 2 aromatic heterocycles. The molecule has 2 N–H and O–H groups in total. The van der Waals surface area contributed by atoms with Crippen LogP contribution in [0.25, 0.3) is 0 Å². The molecule has 0 aliphatic carbocycles. The summed E-state index contributed by atoms with van der Waals surface area (Å²) in [7, 11) is 0. The predicted octanol–water partition coefficient (Wildman–Crippen LogP) is 3.70. The summed E-state index contributed by atoms with van der Waals surface area (Å²) in [6, 6.07) is 7.03. The molecule has 2 amide bonds. The van der Waals surface area contributed by atoms with Gasteiger partial charge in [-0.05, 0) is 51.0 Å². The molecule has 0 spiro atoms. The van der Waals surface area contributed by atoms with Crippen LogP contribution in [-0.2, 0) is 0 Å². The van der Waals surface area contributed by atoms with E-state index in [1.54, 1.807) is 24.5 Å². The lowest BCUT2D eigenvalue weighted by atomic mass is 10.2. The first kappa shape index (κ1) is 23.6. The highest BCUT2D eigenvalue weighted by Gasteiger charge is 2.10. The summed E-state index contributed by atoms with van der Waals surface area (Å²) in [5.41, 5.74) is 0.962. The fraction of sp³-hybridized carbons (Fsp3) is 0.455. The molecule has 0 fully saturated rings. The predicted molar refractivity (Wildman–Crippen MR) is 120 cm³/mol. The summed E-state index contributed by atoms with van der Waals surface area (Å²) in [6.45, 7) is 7.13. The van der Waals surface area contributed by atoms with Gasteiger partial charge in [0.2, 0.25) is 0 Å². The van der Waals surface area contributed by atoms with Crippen LogP contribution in [0.2, 0.25) is 5.15 Å². The van der Waals surface area contributed by atoms with Gasteiger partial charge in [-0.1, -0.05) is 24.4 Å². The Bertz CT molecular complexity index is 809. The van der Waals surface area contributed by atoms with Gasteiger partial charge in [-0.3, -0.25) is 9.59 Å². The van der Waals surface area contributed by atoms with Gasteiger partial charge in [-0.2, -0.15) is 0 Å². The first-order valence-corrected chi connectivity index (χ1v) is 10.8. The molecule has 2 rings (SSSR count). The number of carbonyl (C=O) groups is 2. The van der Waals surface area contributed by atoms with Gasteiger partial charge in [0.05, 0.1) is 11.1 Å². The summed E-state index contributed by atoms with van der Waals surface area (Å²) in [4.78, 5) is 34.6. The maximum absolute atomic E-state index is 12.2. The first-order valence-electron chi connectivity index (χ1n) is 10.4. The molecule has 8 heteroatoms. The SMILES string of the molecule is CCN(CC)c1ccc(C(=O)NCCCCCCNC(=O)c2cccnc2Cl)cn1. The topological polar surface area (TPSA) is 87.2 Å². The molecule has 0 aromatic carbocycles. The summed E-state index contributed by atoms with van der Waals surface area (Å²) in [6.07, 6.45) is 6.88. The van der Waals surface area contributed by atoms with Crippen LogP contribution < -0.4 is 15.5 Å². The molecule has 2 heterocycles. The molecule has 0 aliphatic heterocycles. The Morgan fingerprint density at radius 3 is 2.17 bits per heavy atom. The number of nitrogens with one attached hydrogen (secondary N) is 2. The number of aromatic nitrogens is 2. The lowest BCUT2D eigenvalue weighted by Gasteiger charge is -2.19. The fourth-order valence-electron chi connectivity index (χ4n) is 3.02. The average molecular weight is 432 g/mol. The van der Waals surface area contributed by atoms with E-state index in [9.17, 15) is 9.59 Å². The van der Waals surface area contributed by atoms with Gasteiger partial charge in [0.15, 0.2) is 0 Å². The molecular formula is C22H30ClN5O2. The van der Waals surface area contributed by atoms with Crippen molar-refractivity contribution in [2.45, 2.75) is 39.5 Å². The van der Waals surface area contributed by atoms with E-state index in [0.717, 1.165) is 44.6 Å². The Balaban J connectivity index is 1.57. The molecule has 162 valence electrons. The standard InChI is InChI=1S/C22H30ClN5O2/c1-3-28(4-2)19-12-11-17(16-27-19)21(29)25-13-7-5-6-8-14-26-22(30)18-10-9-15-24-20(18)23/h9-12,15-16H,3-8,13-14H2,1-2H3,(H,25,29)(H,26,30). The maximum Gasteiger partial charge on any atom is 0.254 e. The normalized spacial score (nSPS) is 10.5. The Hall–Kier alpha value is -2.67. The largest absolute Gasteiger partial charge is 0.357 e. The van der Waals surface area contributed by atoms with E-state index in [1.165, 1.54) is 0 Å². The molecule has 0 saturated heterocycles.